The first-order valence-corrected chi connectivity index (χ1v) is 11.7. The summed E-state index contributed by atoms with van der Waals surface area (Å²) in [6, 6.07) is 20.4. The first kappa shape index (κ1) is 20.5. The molecule has 4 nitrogen and oxygen atoms in total. The van der Waals surface area contributed by atoms with Crippen LogP contribution in [0.5, 0.6) is 0 Å². The van der Waals surface area contributed by atoms with E-state index in [1.165, 1.54) is 22.2 Å². The van der Waals surface area contributed by atoms with Crippen LogP contribution in [-0.2, 0) is 17.6 Å². The van der Waals surface area contributed by atoms with Gasteiger partial charge >= 0.3 is 0 Å². The van der Waals surface area contributed by atoms with Crippen molar-refractivity contribution in [3.05, 3.63) is 76.2 Å². The number of nitrogens with one attached hydrogen (secondary N) is 1. The summed E-state index contributed by atoms with van der Waals surface area (Å²) >= 11 is 3.02. The Bertz CT molecular complexity index is 1100. The van der Waals surface area contributed by atoms with Gasteiger partial charge in [0.1, 0.15) is 11.1 Å². The number of anilines is 2. The van der Waals surface area contributed by atoms with Gasteiger partial charge in [-0.05, 0) is 61.4 Å². The van der Waals surface area contributed by atoms with E-state index in [4.69, 9.17) is 5.73 Å². The predicted octanol–water partition coefficient (Wildman–Crippen LogP) is 5.59. The lowest BCUT2D eigenvalue weighted by Gasteiger charge is -2.22. The number of nitriles is 1. The molecule has 152 valence electrons. The Morgan fingerprint density at radius 2 is 2.07 bits per heavy atom. The molecule has 3 aromatic rings. The highest BCUT2D eigenvalue weighted by molar-refractivity contribution is 8.00. The van der Waals surface area contributed by atoms with Gasteiger partial charge in [0.2, 0.25) is 5.91 Å². The molecule has 3 N–H and O–H groups in total. The van der Waals surface area contributed by atoms with E-state index in [-0.39, 0.29) is 11.2 Å². The van der Waals surface area contributed by atoms with Crippen LogP contribution < -0.4 is 11.1 Å². The van der Waals surface area contributed by atoms with Crippen molar-refractivity contribution in [2.24, 2.45) is 0 Å². The van der Waals surface area contributed by atoms with Gasteiger partial charge in [-0.25, -0.2) is 0 Å². The van der Waals surface area contributed by atoms with Gasteiger partial charge < -0.3 is 11.1 Å². The molecule has 0 saturated heterocycles. The van der Waals surface area contributed by atoms with Crippen LogP contribution in [0.2, 0.25) is 0 Å². The van der Waals surface area contributed by atoms with Crippen LogP contribution >= 0.6 is 23.1 Å². The first-order valence-electron chi connectivity index (χ1n) is 9.97. The van der Waals surface area contributed by atoms with Gasteiger partial charge in [0, 0.05) is 15.5 Å². The van der Waals surface area contributed by atoms with Crippen molar-refractivity contribution in [3.8, 4) is 6.07 Å². The number of thioether (sulfide) groups is 1. The molecule has 6 heteroatoms. The van der Waals surface area contributed by atoms with E-state index in [0.717, 1.165) is 29.7 Å². The quantitative estimate of drug-likeness (QED) is 0.406. The van der Waals surface area contributed by atoms with Crippen LogP contribution in [0.3, 0.4) is 0 Å². The number of carbonyl (C=O) groups excluding carboxylic acids is 1. The van der Waals surface area contributed by atoms with Gasteiger partial charge in [-0.3, -0.25) is 4.79 Å². The SMILES string of the molecule is CC(Sc1cccc(N)c1)C(=O)Nc1sc2c(c1C#N)CCC(c1ccccc1)C2. The molecule has 2 atom stereocenters. The van der Waals surface area contributed by atoms with Gasteiger partial charge in [-0.2, -0.15) is 5.26 Å². The van der Waals surface area contributed by atoms with Crippen molar-refractivity contribution in [2.45, 2.75) is 42.2 Å². The maximum absolute atomic E-state index is 12.8. The fourth-order valence-electron chi connectivity index (χ4n) is 3.86. The Labute approximate surface area is 185 Å². The number of amides is 1. The molecule has 0 radical (unpaired) electrons. The van der Waals surface area contributed by atoms with E-state index in [9.17, 15) is 10.1 Å². The average Bonchev–Trinajstić information content (AvgIpc) is 3.10. The zero-order chi connectivity index (χ0) is 21.1. The van der Waals surface area contributed by atoms with Gasteiger partial charge in [-0.15, -0.1) is 23.1 Å². The summed E-state index contributed by atoms with van der Waals surface area (Å²) in [5, 5.41) is 13.1. The van der Waals surface area contributed by atoms with E-state index < -0.39 is 0 Å². The summed E-state index contributed by atoms with van der Waals surface area (Å²) in [6.45, 7) is 1.87. The van der Waals surface area contributed by atoms with Gasteiger partial charge in [0.05, 0.1) is 10.8 Å². The van der Waals surface area contributed by atoms with Crippen LogP contribution in [-0.4, -0.2) is 11.2 Å². The third-order valence-corrected chi connectivity index (χ3v) is 7.69. The molecule has 2 aromatic carbocycles. The molecule has 1 heterocycles. The second-order valence-corrected chi connectivity index (χ2v) is 10.0. The number of carbonyl (C=O) groups is 1. The topological polar surface area (TPSA) is 78.9 Å². The van der Waals surface area contributed by atoms with E-state index in [2.05, 4.69) is 35.7 Å². The zero-order valence-electron chi connectivity index (χ0n) is 16.7. The van der Waals surface area contributed by atoms with Crippen molar-refractivity contribution in [2.75, 3.05) is 11.1 Å². The van der Waals surface area contributed by atoms with Gasteiger partial charge in [0.15, 0.2) is 0 Å². The zero-order valence-corrected chi connectivity index (χ0v) is 18.4. The van der Waals surface area contributed by atoms with Crippen LogP contribution in [0, 0.1) is 11.3 Å². The summed E-state index contributed by atoms with van der Waals surface area (Å²) in [6.07, 6.45) is 2.82. The molecule has 1 aromatic heterocycles. The Morgan fingerprint density at radius 3 is 2.80 bits per heavy atom. The van der Waals surface area contributed by atoms with E-state index in [0.29, 0.717) is 22.2 Å². The number of hydrogen-bond donors (Lipinski definition) is 2. The Morgan fingerprint density at radius 1 is 1.27 bits per heavy atom. The fourth-order valence-corrected chi connectivity index (χ4v) is 6.08. The van der Waals surface area contributed by atoms with Crippen LogP contribution in [0.15, 0.2) is 59.5 Å². The second kappa shape index (κ2) is 8.95. The van der Waals surface area contributed by atoms with Crippen LogP contribution in [0.25, 0.3) is 0 Å². The molecule has 1 aliphatic rings. The summed E-state index contributed by atoms with van der Waals surface area (Å²) in [5.74, 6) is 0.364. The minimum Gasteiger partial charge on any atom is -0.399 e. The predicted molar refractivity (Wildman–Crippen MR) is 125 cm³/mol. The Hall–Kier alpha value is -2.75. The third kappa shape index (κ3) is 4.38. The number of rotatable bonds is 5. The Balaban J connectivity index is 1.49. The lowest BCUT2D eigenvalue weighted by atomic mass is 9.83. The lowest BCUT2D eigenvalue weighted by Crippen LogP contribution is -2.22. The number of nitrogens with two attached hydrogens (primary N) is 1. The number of nitrogen functional groups attached to an aromatic ring is 1. The monoisotopic (exact) mass is 433 g/mol. The van der Waals surface area contributed by atoms with Crippen molar-refractivity contribution in [1.82, 2.24) is 0 Å². The number of fused-ring (bicyclic) bond motifs is 1. The van der Waals surface area contributed by atoms with E-state index in [1.54, 1.807) is 11.3 Å². The largest absolute Gasteiger partial charge is 0.399 e. The minimum atomic E-state index is -0.297. The molecule has 1 amide bonds. The number of benzene rings is 2. The maximum Gasteiger partial charge on any atom is 0.238 e. The molecule has 0 saturated carbocycles. The van der Waals surface area contributed by atoms with Crippen LogP contribution in [0.1, 0.15) is 40.8 Å². The molecule has 0 aliphatic heterocycles. The molecule has 0 spiro atoms. The molecule has 2 unspecified atom stereocenters. The van der Waals surface area contributed by atoms with Crippen molar-refractivity contribution >= 4 is 39.7 Å². The molecule has 0 bridgehead atoms. The summed E-state index contributed by atoms with van der Waals surface area (Å²) in [5.41, 5.74) is 9.60. The molecule has 0 fully saturated rings. The summed E-state index contributed by atoms with van der Waals surface area (Å²) in [7, 11) is 0. The number of nitrogens with zero attached hydrogens (tertiary/aromatic N) is 1. The van der Waals surface area contributed by atoms with E-state index in [1.807, 2.05) is 37.3 Å². The van der Waals surface area contributed by atoms with Crippen LogP contribution in [0.4, 0.5) is 10.7 Å². The van der Waals surface area contributed by atoms with Crippen molar-refractivity contribution in [1.29, 1.82) is 5.26 Å². The smallest absolute Gasteiger partial charge is 0.238 e. The van der Waals surface area contributed by atoms with Crippen molar-refractivity contribution < 1.29 is 4.79 Å². The highest BCUT2D eigenvalue weighted by atomic mass is 32.2. The molecule has 30 heavy (non-hydrogen) atoms. The molecule has 1 aliphatic carbocycles. The van der Waals surface area contributed by atoms with E-state index >= 15 is 0 Å². The highest BCUT2D eigenvalue weighted by Crippen LogP contribution is 2.42. The lowest BCUT2D eigenvalue weighted by molar-refractivity contribution is -0.115. The number of thiophene rings is 1. The maximum atomic E-state index is 12.8. The first-order chi connectivity index (χ1) is 14.5. The van der Waals surface area contributed by atoms with Crippen molar-refractivity contribution in [3.63, 3.8) is 0 Å². The van der Waals surface area contributed by atoms with Gasteiger partial charge in [0.25, 0.3) is 0 Å². The molecular formula is C24H23N3OS2. The molecule has 4 rings (SSSR count). The normalized spacial score (nSPS) is 16.3. The second-order valence-electron chi connectivity index (χ2n) is 7.49. The highest BCUT2D eigenvalue weighted by Gasteiger charge is 2.28. The number of hydrogen-bond acceptors (Lipinski definition) is 5. The molecular weight excluding hydrogens is 410 g/mol. The van der Waals surface area contributed by atoms with Gasteiger partial charge in [-0.1, -0.05) is 36.4 Å². The average molecular weight is 434 g/mol. The minimum absolute atomic E-state index is 0.0999. The fraction of sp³-hybridized carbons (Fsp3) is 0.250. The third-order valence-electron chi connectivity index (χ3n) is 5.42. The summed E-state index contributed by atoms with van der Waals surface area (Å²) in [4.78, 5) is 15.0. The standard InChI is InChI=1S/C24H23N3OS2/c1-15(29-19-9-5-8-18(26)13-19)23(28)27-24-21(14-25)20-11-10-17(12-22(20)30-24)16-6-3-2-4-7-16/h2-9,13,15,17H,10-12,26H2,1H3,(H,27,28). The summed E-state index contributed by atoms with van der Waals surface area (Å²) < 4.78 is 0. The Kier molecular flexibility index (Phi) is 6.12.